The Kier molecular flexibility index (Phi) is 7.22. The molecule has 53 heavy (non-hydrogen) atoms. The number of aromatic nitrogens is 3. The van der Waals surface area contributed by atoms with Gasteiger partial charge in [0.1, 0.15) is 0 Å². The van der Waals surface area contributed by atoms with E-state index < -0.39 is 0 Å². The Hall–Kier alpha value is -6.59. The van der Waals surface area contributed by atoms with Gasteiger partial charge < -0.3 is 4.81 Å². The predicted molar refractivity (Wildman–Crippen MR) is 219 cm³/mol. The van der Waals surface area contributed by atoms with Crippen LogP contribution in [0.5, 0.6) is 0 Å². The van der Waals surface area contributed by atoms with Crippen LogP contribution in [0, 0.1) is 0 Å². The number of anilines is 2. The molecule has 0 fully saturated rings. The summed E-state index contributed by atoms with van der Waals surface area (Å²) in [6, 6.07) is 62.5. The lowest BCUT2D eigenvalue weighted by atomic mass is 9.37. The second-order valence-corrected chi connectivity index (χ2v) is 14.5. The first-order chi connectivity index (χ1) is 26.0. The van der Waals surface area contributed by atoms with Gasteiger partial charge in [0.05, 0.1) is 0 Å². The summed E-state index contributed by atoms with van der Waals surface area (Å²) in [6.07, 6.45) is 0. The maximum absolute atomic E-state index is 4.98. The van der Waals surface area contributed by atoms with E-state index >= 15 is 0 Å². The predicted octanol–water partition coefficient (Wildman–Crippen LogP) is 11.1. The SMILES string of the molecule is CC1(C)B2c3ccccc3-c3ccccc3N2c2ccc(-c3cccc(-c4cccc(-c5nc(-c6ccccc6)nc(-c6ccccc6)n5)c4)c3)cc21. The van der Waals surface area contributed by atoms with Crippen LogP contribution in [0.3, 0.4) is 0 Å². The molecule has 0 saturated heterocycles. The van der Waals surface area contributed by atoms with E-state index in [1.54, 1.807) is 0 Å². The highest BCUT2D eigenvalue weighted by molar-refractivity contribution is 6.84. The Labute approximate surface area is 310 Å². The molecule has 10 rings (SSSR count). The molecular formula is C48H35BN4. The Balaban J connectivity index is 1.03. The van der Waals surface area contributed by atoms with Crippen LogP contribution in [0.25, 0.3) is 67.5 Å². The second-order valence-electron chi connectivity index (χ2n) is 14.5. The van der Waals surface area contributed by atoms with Gasteiger partial charge in [0.25, 0.3) is 0 Å². The molecule has 1 aromatic heterocycles. The van der Waals surface area contributed by atoms with Gasteiger partial charge >= 0.3 is 6.85 Å². The molecule has 0 spiro atoms. The number of nitrogens with zero attached hydrogens (tertiary/aromatic N) is 4. The summed E-state index contributed by atoms with van der Waals surface area (Å²) in [5, 5.41) is -0.108. The van der Waals surface area contributed by atoms with Crippen LogP contribution in [0.4, 0.5) is 11.4 Å². The summed E-state index contributed by atoms with van der Waals surface area (Å²) in [7, 11) is 0. The molecule has 0 amide bonds. The zero-order valence-corrected chi connectivity index (χ0v) is 29.6. The minimum atomic E-state index is -0.108. The Morgan fingerprint density at radius 2 is 0.868 bits per heavy atom. The first-order valence-electron chi connectivity index (χ1n) is 18.2. The normalized spacial score (nSPS) is 13.5. The summed E-state index contributed by atoms with van der Waals surface area (Å²) in [5.41, 5.74) is 15.5. The van der Waals surface area contributed by atoms with E-state index in [1.165, 1.54) is 44.7 Å². The van der Waals surface area contributed by atoms with Gasteiger partial charge in [0.2, 0.25) is 0 Å². The zero-order chi connectivity index (χ0) is 35.5. The fourth-order valence-electron chi connectivity index (χ4n) is 8.39. The molecule has 0 N–H and O–H groups in total. The minimum absolute atomic E-state index is 0.108. The third-order valence-corrected chi connectivity index (χ3v) is 11.0. The summed E-state index contributed by atoms with van der Waals surface area (Å²) < 4.78 is 0. The molecule has 0 aliphatic carbocycles. The molecule has 3 heterocycles. The number of hydrogen-bond donors (Lipinski definition) is 0. The van der Waals surface area contributed by atoms with E-state index in [1.807, 2.05) is 60.7 Å². The highest BCUT2D eigenvalue weighted by Gasteiger charge is 2.52. The van der Waals surface area contributed by atoms with Crippen molar-refractivity contribution in [3.63, 3.8) is 0 Å². The molecule has 250 valence electrons. The van der Waals surface area contributed by atoms with Crippen molar-refractivity contribution in [2.45, 2.75) is 19.2 Å². The van der Waals surface area contributed by atoms with Gasteiger partial charge in [-0.15, -0.1) is 0 Å². The van der Waals surface area contributed by atoms with Crippen molar-refractivity contribution in [2.75, 3.05) is 4.81 Å². The van der Waals surface area contributed by atoms with Crippen molar-refractivity contribution in [3.05, 3.63) is 181 Å². The molecule has 8 aromatic rings. The Morgan fingerprint density at radius 1 is 0.396 bits per heavy atom. The number of benzene rings is 7. The summed E-state index contributed by atoms with van der Waals surface area (Å²) in [4.78, 5) is 17.4. The number of fused-ring (bicyclic) bond motifs is 8. The minimum Gasteiger partial charge on any atom is -0.380 e. The first-order valence-corrected chi connectivity index (χ1v) is 18.2. The van der Waals surface area contributed by atoms with Crippen LogP contribution in [0.2, 0.25) is 0 Å². The van der Waals surface area contributed by atoms with Crippen LogP contribution in [0.1, 0.15) is 19.4 Å². The van der Waals surface area contributed by atoms with Crippen LogP contribution < -0.4 is 10.3 Å². The van der Waals surface area contributed by atoms with Crippen molar-refractivity contribution in [1.29, 1.82) is 0 Å². The van der Waals surface area contributed by atoms with Crippen molar-refractivity contribution in [1.82, 2.24) is 15.0 Å². The van der Waals surface area contributed by atoms with Crippen LogP contribution in [0.15, 0.2) is 176 Å². The lowest BCUT2D eigenvalue weighted by molar-refractivity contribution is 0.759. The maximum atomic E-state index is 4.98. The van der Waals surface area contributed by atoms with Gasteiger partial charge in [-0.25, -0.2) is 15.0 Å². The molecule has 0 unspecified atom stereocenters. The summed E-state index contributed by atoms with van der Waals surface area (Å²) in [6.45, 7) is 5.02. The van der Waals surface area contributed by atoms with E-state index in [4.69, 9.17) is 15.0 Å². The monoisotopic (exact) mass is 678 g/mol. The topological polar surface area (TPSA) is 41.9 Å². The van der Waals surface area contributed by atoms with E-state index in [-0.39, 0.29) is 12.2 Å². The van der Waals surface area contributed by atoms with Gasteiger partial charge in [-0.1, -0.05) is 159 Å². The average Bonchev–Trinajstić information content (AvgIpc) is 3.47. The lowest BCUT2D eigenvalue weighted by Gasteiger charge is -2.38. The largest absolute Gasteiger partial charge is 0.380 e. The highest BCUT2D eigenvalue weighted by Crippen LogP contribution is 2.52. The number of hydrogen-bond acceptors (Lipinski definition) is 4. The molecule has 0 saturated carbocycles. The standard InChI is InChI=1S/C48H35BN4/c1-48(2)41-31-37(27-28-44(41)53-43-26-12-10-24-40(43)39-23-9-11-25-42(39)49(48)53)35-20-13-19-34(29-35)36-21-14-22-38(30-36)47-51-45(32-15-5-3-6-16-32)50-46(52-47)33-17-7-4-8-18-33/h3-31H,1-2H3. The summed E-state index contributed by atoms with van der Waals surface area (Å²) in [5.74, 6) is 1.96. The molecule has 2 aliphatic heterocycles. The Morgan fingerprint density at radius 3 is 1.51 bits per heavy atom. The van der Waals surface area contributed by atoms with E-state index in [0.29, 0.717) is 17.5 Å². The van der Waals surface area contributed by atoms with E-state index in [2.05, 4.69) is 134 Å². The average molecular weight is 679 g/mol. The zero-order valence-electron chi connectivity index (χ0n) is 29.6. The van der Waals surface area contributed by atoms with Crippen molar-refractivity contribution in [2.24, 2.45) is 0 Å². The van der Waals surface area contributed by atoms with Crippen molar-refractivity contribution >= 4 is 23.7 Å². The number of para-hydroxylation sites is 1. The molecule has 7 aromatic carbocycles. The quantitative estimate of drug-likeness (QED) is 0.170. The summed E-state index contributed by atoms with van der Waals surface area (Å²) >= 11 is 0. The molecule has 0 bridgehead atoms. The van der Waals surface area contributed by atoms with E-state index in [9.17, 15) is 0 Å². The smallest absolute Gasteiger partial charge is 0.304 e. The lowest BCUT2D eigenvalue weighted by Crippen LogP contribution is -2.55. The fourth-order valence-corrected chi connectivity index (χ4v) is 8.39. The van der Waals surface area contributed by atoms with Crippen molar-refractivity contribution < 1.29 is 0 Å². The Bertz CT molecular complexity index is 2610. The van der Waals surface area contributed by atoms with Crippen LogP contribution >= 0.6 is 0 Å². The molecule has 0 atom stereocenters. The van der Waals surface area contributed by atoms with Gasteiger partial charge in [-0.2, -0.15) is 0 Å². The third kappa shape index (κ3) is 5.19. The molecule has 0 radical (unpaired) electrons. The molecule has 4 nitrogen and oxygen atoms in total. The molecule has 2 aliphatic rings. The van der Waals surface area contributed by atoms with Gasteiger partial charge in [0, 0.05) is 33.6 Å². The van der Waals surface area contributed by atoms with Crippen LogP contribution in [-0.4, -0.2) is 21.8 Å². The molecular weight excluding hydrogens is 643 g/mol. The van der Waals surface area contributed by atoms with Gasteiger partial charge in [0.15, 0.2) is 17.5 Å². The first kappa shape index (κ1) is 31.2. The van der Waals surface area contributed by atoms with Gasteiger partial charge in [-0.3, -0.25) is 0 Å². The van der Waals surface area contributed by atoms with Crippen LogP contribution in [-0.2, 0) is 5.31 Å². The third-order valence-electron chi connectivity index (χ3n) is 11.0. The van der Waals surface area contributed by atoms with E-state index in [0.717, 1.165) is 27.8 Å². The maximum Gasteiger partial charge on any atom is 0.304 e. The fraction of sp³-hybridized carbons (Fsp3) is 0.0625. The highest BCUT2D eigenvalue weighted by atomic mass is 15.1. The van der Waals surface area contributed by atoms with Crippen molar-refractivity contribution in [3.8, 4) is 67.5 Å². The van der Waals surface area contributed by atoms with Gasteiger partial charge in [-0.05, 0) is 74.5 Å². The molecule has 5 heteroatoms. The number of rotatable bonds is 5. The second kappa shape index (κ2) is 12.3.